The van der Waals surface area contributed by atoms with Gasteiger partial charge in [0.2, 0.25) is 0 Å². The zero-order valence-corrected chi connectivity index (χ0v) is 11.8. The van der Waals surface area contributed by atoms with Crippen molar-refractivity contribution in [1.82, 2.24) is 15.5 Å². The first-order valence-electron chi connectivity index (χ1n) is 6.35. The number of rotatable bonds is 4. The number of hydrogen-bond acceptors (Lipinski definition) is 5. The van der Waals surface area contributed by atoms with Crippen LogP contribution in [0, 0.1) is 19.7 Å². The molecule has 0 fully saturated rings. The first-order valence-corrected chi connectivity index (χ1v) is 6.35. The van der Waals surface area contributed by atoms with Crippen LogP contribution < -0.4 is 16.6 Å². The molecule has 110 valence electrons. The van der Waals surface area contributed by atoms with Crippen LogP contribution in [0.2, 0.25) is 0 Å². The molecule has 4 N–H and O–H groups in total. The number of carbonyl (C=O) groups is 1. The number of nitrogens with zero attached hydrogens (tertiary/aromatic N) is 2. The molecule has 1 amide bonds. The summed E-state index contributed by atoms with van der Waals surface area (Å²) in [4.78, 5) is 11.9. The van der Waals surface area contributed by atoms with Gasteiger partial charge in [-0.25, -0.2) is 10.2 Å². The van der Waals surface area contributed by atoms with Crippen molar-refractivity contribution in [3.63, 3.8) is 0 Å². The van der Waals surface area contributed by atoms with E-state index in [0.29, 0.717) is 23.5 Å². The molecule has 0 radical (unpaired) electrons. The highest BCUT2D eigenvalue weighted by Gasteiger charge is 2.09. The van der Waals surface area contributed by atoms with Gasteiger partial charge >= 0.3 is 0 Å². The van der Waals surface area contributed by atoms with Crippen molar-refractivity contribution in [2.24, 2.45) is 5.84 Å². The Labute approximate surface area is 121 Å². The summed E-state index contributed by atoms with van der Waals surface area (Å²) < 4.78 is 13.5. The third-order valence-corrected chi connectivity index (χ3v) is 2.99. The lowest BCUT2D eigenvalue weighted by Gasteiger charge is -2.08. The highest BCUT2D eigenvalue weighted by Crippen LogP contribution is 2.14. The van der Waals surface area contributed by atoms with E-state index in [-0.39, 0.29) is 17.4 Å². The Hall–Kier alpha value is -2.54. The summed E-state index contributed by atoms with van der Waals surface area (Å²) in [5.41, 5.74) is 4.45. The molecule has 7 heteroatoms. The number of aryl methyl sites for hydroxylation is 2. The van der Waals surface area contributed by atoms with Crippen LogP contribution in [0.3, 0.4) is 0 Å². The van der Waals surface area contributed by atoms with Crippen molar-refractivity contribution in [3.05, 3.63) is 52.5 Å². The fourth-order valence-corrected chi connectivity index (χ4v) is 1.94. The Balaban J connectivity index is 2.03. The number of aromatic nitrogens is 2. The van der Waals surface area contributed by atoms with E-state index in [1.54, 1.807) is 32.0 Å². The average molecular weight is 289 g/mol. The summed E-state index contributed by atoms with van der Waals surface area (Å²) in [6.45, 7) is 3.68. The van der Waals surface area contributed by atoms with Crippen molar-refractivity contribution in [3.8, 4) is 0 Å². The van der Waals surface area contributed by atoms with Gasteiger partial charge in [-0.2, -0.15) is 0 Å². The molecule has 2 aromatic rings. The summed E-state index contributed by atoms with van der Waals surface area (Å²) in [6.07, 6.45) is 0. The minimum Gasteiger partial charge on any atom is -0.347 e. The van der Waals surface area contributed by atoms with E-state index < -0.39 is 0 Å². The van der Waals surface area contributed by atoms with Gasteiger partial charge in [0.25, 0.3) is 5.91 Å². The van der Waals surface area contributed by atoms with Crippen molar-refractivity contribution in [1.29, 1.82) is 0 Å². The topological polar surface area (TPSA) is 92.9 Å². The van der Waals surface area contributed by atoms with E-state index in [9.17, 15) is 9.18 Å². The molecular formula is C14H16FN5O. The molecule has 6 nitrogen and oxygen atoms in total. The Bertz CT molecular complexity index is 634. The quantitative estimate of drug-likeness (QED) is 0.585. The lowest BCUT2D eigenvalue weighted by Crippen LogP contribution is -2.24. The number of carbonyl (C=O) groups excluding carboxylic acids is 1. The van der Waals surface area contributed by atoms with Crippen molar-refractivity contribution >= 4 is 11.7 Å². The summed E-state index contributed by atoms with van der Waals surface area (Å²) in [5, 5.41) is 10.2. The molecule has 21 heavy (non-hydrogen) atoms. The van der Waals surface area contributed by atoms with Crippen molar-refractivity contribution in [2.75, 3.05) is 5.43 Å². The molecule has 0 aliphatic heterocycles. The monoisotopic (exact) mass is 289 g/mol. The van der Waals surface area contributed by atoms with Gasteiger partial charge in [0.1, 0.15) is 5.82 Å². The fourth-order valence-electron chi connectivity index (χ4n) is 1.94. The summed E-state index contributed by atoms with van der Waals surface area (Å²) in [5.74, 6) is 4.96. The minimum atomic E-state index is -0.356. The van der Waals surface area contributed by atoms with E-state index in [4.69, 9.17) is 5.84 Å². The van der Waals surface area contributed by atoms with Gasteiger partial charge in [0.15, 0.2) is 11.5 Å². The highest BCUT2D eigenvalue weighted by atomic mass is 19.1. The number of halogens is 1. The van der Waals surface area contributed by atoms with Crippen molar-refractivity contribution < 1.29 is 9.18 Å². The van der Waals surface area contributed by atoms with Gasteiger partial charge in [-0.05, 0) is 42.7 Å². The summed E-state index contributed by atoms with van der Waals surface area (Å²) >= 11 is 0. The van der Waals surface area contributed by atoms with E-state index in [1.807, 2.05) is 0 Å². The predicted octanol–water partition coefficient (Wildman–Crippen LogP) is 1.45. The van der Waals surface area contributed by atoms with Crippen LogP contribution in [0.15, 0.2) is 24.3 Å². The van der Waals surface area contributed by atoms with Gasteiger partial charge in [-0.15, -0.1) is 10.2 Å². The van der Waals surface area contributed by atoms with Gasteiger partial charge < -0.3 is 10.7 Å². The second-order valence-corrected chi connectivity index (χ2v) is 4.67. The molecule has 0 aliphatic rings. The normalized spacial score (nSPS) is 10.3. The third-order valence-electron chi connectivity index (χ3n) is 2.99. The molecule has 0 bridgehead atoms. The molecule has 2 rings (SSSR count). The molecule has 1 aromatic heterocycles. The van der Waals surface area contributed by atoms with Crippen molar-refractivity contribution in [2.45, 2.75) is 20.4 Å². The number of nitrogens with two attached hydrogens (primary N) is 1. The van der Waals surface area contributed by atoms with Gasteiger partial charge in [-0.3, -0.25) is 4.79 Å². The number of anilines is 1. The van der Waals surface area contributed by atoms with Crippen LogP contribution in [0.5, 0.6) is 0 Å². The second kappa shape index (κ2) is 6.27. The molecule has 0 aliphatic carbocycles. The van der Waals surface area contributed by atoms with E-state index in [0.717, 1.165) is 5.56 Å². The third kappa shape index (κ3) is 3.51. The first kappa shape index (κ1) is 14.9. The summed E-state index contributed by atoms with van der Waals surface area (Å²) in [6, 6.07) is 6.47. The number of hydrogen-bond donors (Lipinski definition) is 3. The molecular weight excluding hydrogens is 273 g/mol. The Morgan fingerprint density at radius 2 is 1.90 bits per heavy atom. The minimum absolute atomic E-state index is 0.185. The Morgan fingerprint density at radius 3 is 2.43 bits per heavy atom. The van der Waals surface area contributed by atoms with Gasteiger partial charge in [0, 0.05) is 6.54 Å². The summed E-state index contributed by atoms with van der Waals surface area (Å²) in [7, 11) is 0. The maximum absolute atomic E-state index is 13.5. The molecule has 0 unspecified atom stereocenters. The smallest absolute Gasteiger partial charge is 0.272 e. The highest BCUT2D eigenvalue weighted by molar-refractivity contribution is 5.92. The van der Waals surface area contributed by atoms with E-state index >= 15 is 0 Å². The van der Waals surface area contributed by atoms with Gasteiger partial charge in [0.05, 0.1) is 0 Å². The van der Waals surface area contributed by atoms with Crippen LogP contribution in [0.25, 0.3) is 0 Å². The lowest BCUT2D eigenvalue weighted by atomic mass is 10.1. The van der Waals surface area contributed by atoms with E-state index in [1.165, 1.54) is 6.07 Å². The average Bonchev–Trinajstić information content (AvgIpc) is 2.50. The maximum Gasteiger partial charge on any atom is 0.272 e. The predicted molar refractivity (Wildman–Crippen MR) is 76.9 cm³/mol. The zero-order chi connectivity index (χ0) is 15.4. The molecule has 0 saturated heterocycles. The maximum atomic E-state index is 13.5. The Morgan fingerprint density at radius 1 is 1.24 bits per heavy atom. The van der Waals surface area contributed by atoms with Crippen LogP contribution in [-0.2, 0) is 6.54 Å². The van der Waals surface area contributed by atoms with Crippen LogP contribution >= 0.6 is 0 Å². The van der Waals surface area contributed by atoms with Gasteiger partial charge in [-0.1, -0.05) is 12.1 Å². The molecule has 1 aromatic carbocycles. The fraction of sp³-hybridized carbons (Fsp3) is 0.214. The second-order valence-electron chi connectivity index (χ2n) is 4.67. The largest absolute Gasteiger partial charge is 0.347 e. The molecule has 1 heterocycles. The molecule has 0 spiro atoms. The van der Waals surface area contributed by atoms with Crippen LogP contribution in [-0.4, -0.2) is 16.1 Å². The van der Waals surface area contributed by atoms with Crippen LogP contribution in [0.1, 0.15) is 27.2 Å². The van der Waals surface area contributed by atoms with E-state index in [2.05, 4.69) is 20.9 Å². The molecule has 0 atom stereocenters. The number of benzene rings is 1. The first-order chi connectivity index (χ1) is 10.0. The van der Waals surface area contributed by atoms with Crippen LogP contribution in [0.4, 0.5) is 10.2 Å². The number of hydrazine groups is 1. The lowest BCUT2D eigenvalue weighted by molar-refractivity contribution is 0.0945. The number of nitrogen functional groups attached to an aromatic ring is 1. The SMILES string of the molecule is Cc1cc(CNC(=O)c2ccc(NN)nn2)cc(C)c1F. The standard InChI is InChI=1S/C14H16FN5O/c1-8-5-10(6-9(2)13(8)15)7-17-14(21)11-3-4-12(18-16)20-19-11/h3-6H,7,16H2,1-2H3,(H,17,21)(H,18,20). The Kier molecular flexibility index (Phi) is 4.44. The number of nitrogens with one attached hydrogen (secondary N) is 2. The zero-order valence-electron chi connectivity index (χ0n) is 11.8. The number of amides is 1. The molecule has 0 saturated carbocycles.